The molecule has 1 atom stereocenters. The first-order valence-corrected chi connectivity index (χ1v) is 7.16. The highest BCUT2D eigenvalue weighted by Crippen LogP contribution is 2.39. The average molecular weight is 249 g/mol. The molecule has 1 aliphatic rings. The number of benzene rings is 1. The summed E-state index contributed by atoms with van der Waals surface area (Å²) in [6.07, 6.45) is 0.599. The van der Waals surface area contributed by atoms with Crippen molar-refractivity contribution in [3.05, 3.63) is 34.9 Å². The molecule has 0 bridgehead atoms. The van der Waals surface area contributed by atoms with Crippen LogP contribution in [0.2, 0.25) is 0 Å². The molecule has 1 aromatic carbocycles. The second kappa shape index (κ2) is 5.13. The zero-order chi connectivity index (χ0) is 12.4. The molecule has 1 aromatic rings. The van der Waals surface area contributed by atoms with Crippen LogP contribution in [0.4, 0.5) is 0 Å². The maximum absolute atomic E-state index is 11.9. The van der Waals surface area contributed by atoms with Crippen molar-refractivity contribution >= 4 is 17.7 Å². The molecule has 0 spiro atoms. The third kappa shape index (κ3) is 2.49. The molecule has 1 aliphatic heterocycles. The van der Waals surface area contributed by atoms with Gasteiger partial charge in [0.05, 0.1) is 0 Å². The largest absolute Gasteiger partial charge is 0.326 e. The summed E-state index contributed by atoms with van der Waals surface area (Å²) in [6, 6.07) is 6.50. The Morgan fingerprint density at radius 3 is 2.88 bits per heavy atom. The van der Waals surface area contributed by atoms with Gasteiger partial charge in [0.1, 0.15) is 5.37 Å². The van der Waals surface area contributed by atoms with E-state index >= 15 is 0 Å². The van der Waals surface area contributed by atoms with Crippen LogP contribution in [0.5, 0.6) is 0 Å². The standard InChI is InChI=1S/C14H19NOS/c1-4-13(16)15-7-8-17-14(15)12-6-5-10(2)9-11(12)3/h5-6,9,14H,4,7-8H2,1-3H3. The molecule has 0 radical (unpaired) electrons. The summed E-state index contributed by atoms with van der Waals surface area (Å²) in [5, 5.41) is 0.225. The van der Waals surface area contributed by atoms with Crippen molar-refractivity contribution < 1.29 is 4.79 Å². The summed E-state index contributed by atoms with van der Waals surface area (Å²) in [6.45, 7) is 7.06. The average Bonchev–Trinajstić information content (AvgIpc) is 2.77. The number of nitrogens with zero attached hydrogens (tertiary/aromatic N) is 1. The lowest BCUT2D eigenvalue weighted by Crippen LogP contribution is -2.29. The molecule has 1 heterocycles. The molecule has 1 unspecified atom stereocenters. The van der Waals surface area contributed by atoms with E-state index in [0.29, 0.717) is 6.42 Å². The van der Waals surface area contributed by atoms with Crippen LogP contribution in [0, 0.1) is 13.8 Å². The van der Waals surface area contributed by atoms with Crippen molar-refractivity contribution in [1.82, 2.24) is 4.90 Å². The Morgan fingerprint density at radius 2 is 2.24 bits per heavy atom. The maximum Gasteiger partial charge on any atom is 0.223 e. The number of amides is 1. The lowest BCUT2D eigenvalue weighted by Gasteiger charge is -2.25. The summed E-state index contributed by atoms with van der Waals surface area (Å²) < 4.78 is 0. The first-order valence-electron chi connectivity index (χ1n) is 6.11. The first-order chi connectivity index (χ1) is 8.13. The van der Waals surface area contributed by atoms with Gasteiger partial charge >= 0.3 is 0 Å². The topological polar surface area (TPSA) is 20.3 Å². The molecule has 2 nitrogen and oxygen atoms in total. The molecule has 1 amide bonds. The second-order valence-corrected chi connectivity index (χ2v) is 5.71. The molecule has 92 valence electrons. The van der Waals surface area contributed by atoms with Crippen molar-refractivity contribution in [1.29, 1.82) is 0 Å². The van der Waals surface area contributed by atoms with Gasteiger partial charge in [-0.2, -0.15) is 0 Å². The SMILES string of the molecule is CCC(=O)N1CCSC1c1ccc(C)cc1C. The first kappa shape index (κ1) is 12.5. The monoisotopic (exact) mass is 249 g/mol. The van der Waals surface area contributed by atoms with E-state index in [4.69, 9.17) is 0 Å². The zero-order valence-electron chi connectivity index (χ0n) is 10.7. The van der Waals surface area contributed by atoms with Crippen molar-refractivity contribution in [2.45, 2.75) is 32.6 Å². The van der Waals surface area contributed by atoms with E-state index in [1.54, 1.807) is 0 Å². The van der Waals surface area contributed by atoms with Gasteiger partial charge in [0.15, 0.2) is 0 Å². The van der Waals surface area contributed by atoms with E-state index in [9.17, 15) is 4.79 Å². The highest BCUT2D eigenvalue weighted by molar-refractivity contribution is 7.99. The number of carbonyl (C=O) groups excluding carboxylic acids is 1. The van der Waals surface area contributed by atoms with Crippen LogP contribution in [0.1, 0.15) is 35.4 Å². The van der Waals surface area contributed by atoms with Gasteiger partial charge in [0.2, 0.25) is 5.91 Å². The van der Waals surface area contributed by atoms with E-state index in [1.807, 2.05) is 23.6 Å². The van der Waals surface area contributed by atoms with Crippen LogP contribution >= 0.6 is 11.8 Å². The normalized spacial score (nSPS) is 19.7. The van der Waals surface area contributed by atoms with Gasteiger partial charge in [0.25, 0.3) is 0 Å². The molecule has 1 saturated heterocycles. The van der Waals surface area contributed by atoms with E-state index in [2.05, 4.69) is 32.0 Å². The molecule has 0 aromatic heterocycles. The summed E-state index contributed by atoms with van der Waals surface area (Å²) in [5.41, 5.74) is 3.86. The predicted octanol–water partition coefficient (Wildman–Crippen LogP) is 3.29. The number of carbonyl (C=O) groups is 1. The molecule has 17 heavy (non-hydrogen) atoms. The Balaban J connectivity index is 2.29. The van der Waals surface area contributed by atoms with Gasteiger partial charge in [-0.25, -0.2) is 0 Å². The molecule has 0 saturated carbocycles. The highest BCUT2D eigenvalue weighted by atomic mass is 32.2. The molecule has 0 N–H and O–H groups in total. The summed E-state index contributed by atoms with van der Waals surface area (Å²) in [5.74, 6) is 1.31. The van der Waals surface area contributed by atoms with E-state index in [0.717, 1.165) is 12.3 Å². The minimum atomic E-state index is 0.225. The molecule has 1 fully saturated rings. The summed E-state index contributed by atoms with van der Waals surface area (Å²) >= 11 is 1.87. The Hall–Kier alpha value is -0.960. The van der Waals surface area contributed by atoms with Gasteiger partial charge in [-0.3, -0.25) is 4.79 Å². The van der Waals surface area contributed by atoms with Gasteiger partial charge in [-0.05, 0) is 25.0 Å². The van der Waals surface area contributed by atoms with Crippen LogP contribution in [0.15, 0.2) is 18.2 Å². The lowest BCUT2D eigenvalue weighted by atomic mass is 10.0. The predicted molar refractivity (Wildman–Crippen MR) is 73.1 cm³/mol. The minimum Gasteiger partial charge on any atom is -0.326 e. The van der Waals surface area contributed by atoms with Crippen molar-refractivity contribution in [3.63, 3.8) is 0 Å². The molecule has 0 aliphatic carbocycles. The number of aryl methyl sites for hydroxylation is 2. The van der Waals surface area contributed by atoms with E-state index < -0.39 is 0 Å². The molecule has 3 heteroatoms. The Labute approximate surface area is 107 Å². The fraction of sp³-hybridized carbons (Fsp3) is 0.500. The van der Waals surface area contributed by atoms with E-state index in [-0.39, 0.29) is 11.3 Å². The smallest absolute Gasteiger partial charge is 0.223 e. The fourth-order valence-electron chi connectivity index (χ4n) is 2.29. The van der Waals surface area contributed by atoms with Crippen LogP contribution in [-0.4, -0.2) is 23.1 Å². The lowest BCUT2D eigenvalue weighted by molar-refractivity contribution is -0.130. The van der Waals surface area contributed by atoms with Crippen LogP contribution in [-0.2, 0) is 4.79 Å². The zero-order valence-corrected chi connectivity index (χ0v) is 11.5. The van der Waals surface area contributed by atoms with Gasteiger partial charge in [-0.15, -0.1) is 11.8 Å². The third-order valence-corrected chi connectivity index (χ3v) is 4.45. The number of hydrogen-bond donors (Lipinski definition) is 0. The van der Waals surface area contributed by atoms with Crippen LogP contribution in [0.25, 0.3) is 0 Å². The van der Waals surface area contributed by atoms with Crippen LogP contribution in [0.3, 0.4) is 0 Å². The highest BCUT2D eigenvalue weighted by Gasteiger charge is 2.30. The second-order valence-electron chi connectivity index (χ2n) is 4.52. The van der Waals surface area contributed by atoms with E-state index in [1.165, 1.54) is 16.7 Å². The number of hydrogen-bond acceptors (Lipinski definition) is 2. The van der Waals surface area contributed by atoms with Crippen molar-refractivity contribution in [3.8, 4) is 0 Å². The molecular formula is C14H19NOS. The van der Waals surface area contributed by atoms with Gasteiger partial charge < -0.3 is 4.90 Å². The van der Waals surface area contributed by atoms with Gasteiger partial charge in [0, 0.05) is 18.7 Å². The third-order valence-electron chi connectivity index (χ3n) is 3.21. The summed E-state index contributed by atoms with van der Waals surface area (Å²) in [7, 11) is 0. The molecule has 2 rings (SSSR count). The Bertz CT molecular complexity index is 430. The Kier molecular flexibility index (Phi) is 3.77. The maximum atomic E-state index is 11.9. The van der Waals surface area contributed by atoms with Crippen molar-refractivity contribution in [2.75, 3.05) is 12.3 Å². The quantitative estimate of drug-likeness (QED) is 0.801. The number of rotatable bonds is 2. The fourth-order valence-corrected chi connectivity index (χ4v) is 3.66. The van der Waals surface area contributed by atoms with Crippen molar-refractivity contribution in [2.24, 2.45) is 0 Å². The minimum absolute atomic E-state index is 0.225. The Morgan fingerprint density at radius 1 is 1.47 bits per heavy atom. The van der Waals surface area contributed by atoms with Gasteiger partial charge in [-0.1, -0.05) is 30.7 Å². The number of thioether (sulfide) groups is 1. The molecular weight excluding hydrogens is 230 g/mol. The van der Waals surface area contributed by atoms with Crippen LogP contribution < -0.4 is 0 Å². The summed E-state index contributed by atoms with van der Waals surface area (Å²) in [4.78, 5) is 13.9.